The maximum Gasteiger partial charge on any atom is 0.310 e. The largest absolute Gasteiger partial charge is 0.462 e. The normalized spacial score (nSPS) is 14.8. The number of carbonyl (C=O) groups is 2. The standard InChI is InChI=1S/C17H14O5/c1-3-16(18)21-12-6-7-13-14(8-12)22-15(17(13)19)9-11-5-4-10(2)20-11/h4-9H,3H2,1-2H3/b15-9+. The third kappa shape index (κ3) is 2.65. The summed E-state index contributed by atoms with van der Waals surface area (Å²) < 4.78 is 16.1. The average Bonchev–Trinajstić information content (AvgIpc) is 3.03. The molecule has 0 saturated heterocycles. The molecule has 1 aliphatic heterocycles. The summed E-state index contributed by atoms with van der Waals surface area (Å²) in [5.41, 5.74) is 0.436. The zero-order chi connectivity index (χ0) is 15.7. The molecule has 1 aromatic heterocycles. The molecule has 1 aliphatic rings. The molecule has 0 spiro atoms. The highest BCUT2D eigenvalue weighted by molar-refractivity contribution is 6.14. The van der Waals surface area contributed by atoms with Crippen molar-refractivity contribution in [2.45, 2.75) is 20.3 Å². The van der Waals surface area contributed by atoms with E-state index < -0.39 is 0 Å². The zero-order valence-corrected chi connectivity index (χ0v) is 12.2. The summed E-state index contributed by atoms with van der Waals surface area (Å²) in [5, 5.41) is 0. The van der Waals surface area contributed by atoms with Gasteiger partial charge < -0.3 is 13.9 Å². The molecular formula is C17H14O5. The van der Waals surface area contributed by atoms with Crippen LogP contribution < -0.4 is 9.47 Å². The van der Waals surface area contributed by atoms with Gasteiger partial charge in [0.25, 0.3) is 0 Å². The molecule has 0 saturated carbocycles. The van der Waals surface area contributed by atoms with Crippen molar-refractivity contribution in [3.63, 3.8) is 0 Å². The van der Waals surface area contributed by atoms with Gasteiger partial charge in [-0.3, -0.25) is 9.59 Å². The van der Waals surface area contributed by atoms with E-state index in [0.29, 0.717) is 22.8 Å². The number of Topliss-reactive ketones (excluding diaryl/α,β-unsaturated/α-hetero) is 1. The molecule has 0 N–H and O–H groups in total. The van der Waals surface area contributed by atoms with Crippen LogP contribution in [0.3, 0.4) is 0 Å². The predicted octanol–water partition coefficient (Wildman–Crippen LogP) is 3.52. The lowest BCUT2D eigenvalue weighted by molar-refractivity contribution is -0.134. The zero-order valence-electron chi connectivity index (χ0n) is 12.2. The number of benzene rings is 1. The molecule has 0 amide bonds. The van der Waals surface area contributed by atoms with E-state index in [9.17, 15) is 9.59 Å². The Kier molecular flexibility index (Phi) is 3.55. The third-order valence-electron chi connectivity index (χ3n) is 3.20. The second-order valence-corrected chi connectivity index (χ2v) is 4.87. The second-order valence-electron chi connectivity index (χ2n) is 4.87. The first kappa shape index (κ1) is 14.1. The smallest absolute Gasteiger partial charge is 0.310 e. The van der Waals surface area contributed by atoms with Crippen LogP contribution in [0.25, 0.3) is 6.08 Å². The van der Waals surface area contributed by atoms with Gasteiger partial charge in [-0.1, -0.05) is 6.92 Å². The van der Waals surface area contributed by atoms with Gasteiger partial charge in [0, 0.05) is 18.6 Å². The summed E-state index contributed by atoms with van der Waals surface area (Å²) >= 11 is 0. The lowest BCUT2D eigenvalue weighted by Gasteiger charge is -2.03. The van der Waals surface area contributed by atoms with Crippen molar-refractivity contribution in [3.8, 4) is 11.5 Å². The molecule has 2 aromatic rings. The van der Waals surface area contributed by atoms with Gasteiger partial charge in [0.2, 0.25) is 5.78 Å². The Bertz CT molecular complexity index is 782. The molecule has 0 radical (unpaired) electrons. The second kappa shape index (κ2) is 5.52. The summed E-state index contributed by atoms with van der Waals surface area (Å²) in [5.74, 6) is 1.65. The van der Waals surface area contributed by atoms with Crippen LogP contribution in [0.5, 0.6) is 11.5 Å². The molecule has 5 heteroatoms. The van der Waals surface area contributed by atoms with Gasteiger partial charge in [0.15, 0.2) is 5.76 Å². The number of hydrogen-bond donors (Lipinski definition) is 0. The van der Waals surface area contributed by atoms with Crippen molar-refractivity contribution in [3.05, 3.63) is 53.2 Å². The molecular weight excluding hydrogens is 284 g/mol. The predicted molar refractivity (Wildman–Crippen MR) is 78.7 cm³/mol. The number of carbonyl (C=O) groups excluding carboxylic acids is 2. The van der Waals surface area contributed by atoms with Gasteiger partial charge in [-0.15, -0.1) is 0 Å². The Morgan fingerprint density at radius 3 is 2.77 bits per heavy atom. The summed E-state index contributed by atoms with van der Waals surface area (Å²) in [4.78, 5) is 23.6. The minimum absolute atomic E-state index is 0.184. The molecule has 3 rings (SSSR count). The minimum atomic E-state index is -0.342. The van der Waals surface area contributed by atoms with Gasteiger partial charge in [-0.05, 0) is 31.2 Å². The first-order valence-electron chi connectivity index (χ1n) is 6.92. The lowest BCUT2D eigenvalue weighted by atomic mass is 10.1. The Balaban J connectivity index is 1.87. The van der Waals surface area contributed by atoms with E-state index in [-0.39, 0.29) is 23.9 Å². The third-order valence-corrected chi connectivity index (χ3v) is 3.20. The molecule has 0 bridgehead atoms. The molecule has 0 atom stereocenters. The quantitative estimate of drug-likeness (QED) is 0.493. The highest BCUT2D eigenvalue weighted by atomic mass is 16.5. The van der Waals surface area contributed by atoms with Crippen LogP contribution in [-0.4, -0.2) is 11.8 Å². The number of ketones is 1. The Morgan fingerprint density at radius 2 is 2.09 bits per heavy atom. The van der Waals surface area contributed by atoms with Crippen LogP contribution >= 0.6 is 0 Å². The molecule has 112 valence electrons. The van der Waals surface area contributed by atoms with E-state index in [1.807, 2.05) is 6.92 Å². The van der Waals surface area contributed by atoms with Crippen LogP contribution in [0, 0.1) is 6.92 Å². The van der Waals surface area contributed by atoms with Crippen molar-refractivity contribution >= 4 is 17.8 Å². The number of aryl methyl sites for hydroxylation is 1. The van der Waals surface area contributed by atoms with Crippen molar-refractivity contribution in [1.82, 2.24) is 0 Å². The van der Waals surface area contributed by atoms with E-state index in [0.717, 1.165) is 5.76 Å². The summed E-state index contributed by atoms with van der Waals surface area (Å²) in [7, 11) is 0. The number of hydrogen-bond acceptors (Lipinski definition) is 5. The van der Waals surface area contributed by atoms with Crippen LogP contribution in [0.15, 0.2) is 40.5 Å². The van der Waals surface area contributed by atoms with Gasteiger partial charge >= 0.3 is 5.97 Å². The molecule has 0 unspecified atom stereocenters. The van der Waals surface area contributed by atoms with E-state index in [1.165, 1.54) is 6.07 Å². The molecule has 5 nitrogen and oxygen atoms in total. The Labute approximate surface area is 127 Å². The van der Waals surface area contributed by atoms with Crippen molar-refractivity contribution in [2.24, 2.45) is 0 Å². The molecule has 0 aliphatic carbocycles. The van der Waals surface area contributed by atoms with Gasteiger partial charge in [0.05, 0.1) is 5.56 Å². The Morgan fingerprint density at radius 1 is 1.27 bits per heavy atom. The van der Waals surface area contributed by atoms with Crippen LogP contribution in [0.4, 0.5) is 0 Å². The monoisotopic (exact) mass is 298 g/mol. The summed E-state index contributed by atoms with van der Waals surface area (Å²) in [6.45, 7) is 3.53. The maximum atomic E-state index is 12.3. The fraction of sp³-hybridized carbons (Fsp3) is 0.176. The summed E-state index contributed by atoms with van der Waals surface area (Å²) in [6.07, 6.45) is 1.83. The van der Waals surface area contributed by atoms with Crippen molar-refractivity contribution < 1.29 is 23.5 Å². The van der Waals surface area contributed by atoms with E-state index >= 15 is 0 Å². The van der Waals surface area contributed by atoms with Crippen LogP contribution in [0.2, 0.25) is 0 Å². The molecule has 22 heavy (non-hydrogen) atoms. The highest BCUT2D eigenvalue weighted by Gasteiger charge is 2.28. The molecule has 0 fully saturated rings. The van der Waals surface area contributed by atoms with Gasteiger partial charge in [0.1, 0.15) is 23.0 Å². The summed E-state index contributed by atoms with van der Waals surface area (Å²) in [6, 6.07) is 8.27. The topological polar surface area (TPSA) is 65.7 Å². The number of ether oxygens (including phenoxy) is 2. The molecule has 2 heterocycles. The fourth-order valence-electron chi connectivity index (χ4n) is 2.09. The van der Waals surface area contributed by atoms with E-state index in [1.54, 1.807) is 37.3 Å². The minimum Gasteiger partial charge on any atom is -0.462 e. The average molecular weight is 298 g/mol. The van der Waals surface area contributed by atoms with E-state index in [4.69, 9.17) is 13.9 Å². The first-order valence-corrected chi connectivity index (χ1v) is 6.92. The Hall–Kier alpha value is -2.82. The highest BCUT2D eigenvalue weighted by Crippen LogP contribution is 2.35. The molecule has 1 aromatic carbocycles. The number of fused-ring (bicyclic) bond motifs is 1. The number of allylic oxidation sites excluding steroid dienone is 1. The fourth-order valence-corrected chi connectivity index (χ4v) is 2.09. The van der Waals surface area contributed by atoms with Crippen LogP contribution in [-0.2, 0) is 4.79 Å². The lowest BCUT2D eigenvalue weighted by Crippen LogP contribution is -2.05. The van der Waals surface area contributed by atoms with Crippen LogP contribution in [0.1, 0.15) is 35.2 Å². The first-order chi connectivity index (χ1) is 10.6. The maximum absolute atomic E-state index is 12.3. The number of rotatable bonds is 3. The van der Waals surface area contributed by atoms with Crippen molar-refractivity contribution in [1.29, 1.82) is 0 Å². The van der Waals surface area contributed by atoms with Gasteiger partial charge in [-0.2, -0.15) is 0 Å². The van der Waals surface area contributed by atoms with Gasteiger partial charge in [-0.25, -0.2) is 0 Å². The number of furan rings is 1. The SMILES string of the molecule is CCC(=O)Oc1ccc2c(c1)O/C(=C/c1ccc(C)o1)C2=O. The van der Waals surface area contributed by atoms with E-state index in [2.05, 4.69) is 0 Å². The number of esters is 1. The van der Waals surface area contributed by atoms with Crippen molar-refractivity contribution in [2.75, 3.05) is 0 Å².